The van der Waals surface area contributed by atoms with Gasteiger partial charge in [-0.3, -0.25) is 14.4 Å². The van der Waals surface area contributed by atoms with Crippen molar-refractivity contribution in [2.45, 2.75) is 36.5 Å². The first-order valence-corrected chi connectivity index (χ1v) is 15.7. The highest BCUT2D eigenvalue weighted by Gasteiger charge is 2.32. The molecule has 232 valence electrons. The van der Waals surface area contributed by atoms with Crippen molar-refractivity contribution in [1.29, 1.82) is 0 Å². The van der Waals surface area contributed by atoms with Gasteiger partial charge in [0.15, 0.2) is 15.7 Å². The van der Waals surface area contributed by atoms with Crippen LogP contribution >= 0.6 is 0 Å². The first-order chi connectivity index (χ1) is 21.1. The van der Waals surface area contributed by atoms with E-state index in [4.69, 9.17) is 4.74 Å². The predicted molar refractivity (Wildman–Crippen MR) is 158 cm³/mol. The predicted octanol–water partition coefficient (Wildman–Crippen LogP) is 2.38. The molecule has 3 aromatic rings. The van der Waals surface area contributed by atoms with Crippen molar-refractivity contribution in [3.8, 4) is 11.4 Å². The Morgan fingerprint density at radius 2 is 1.57 bits per heavy atom. The fourth-order valence-corrected chi connectivity index (χ4v) is 6.01. The topological polar surface area (TPSA) is 176 Å². The maximum absolute atomic E-state index is 13.7. The minimum Gasteiger partial charge on any atom is -0.481 e. The van der Waals surface area contributed by atoms with Crippen LogP contribution in [0.5, 0.6) is 0 Å². The van der Waals surface area contributed by atoms with E-state index in [9.17, 15) is 32.7 Å². The van der Waals surface area contributed by atoms with Crippen LogP contribution in [-0.2, 0) is 29.9 Å². The lowest BCUT2D eigenvalue weighted by Crippen LogP contribution is -2.56. The fourth-order valence-electron chi connectivity index (χ4n) is 4.65. The van der Waals surface area contributed by atoms with E-state index >= 15 is 0 Å². The molecular weight excluding hydrogens is 590 g/mol. The number of hydrogen-bond acceptors (Lipinski definition) is 9. The Bertz CT molecular complexity index is 1590. The van der Waals surface area contributed by atoms with Gasteiger partial charge in [0.1, 0.15) is 11.7 Å². The van der Waals surface area contributed by atoms with E-state index < -0.39 is 51.9 Å². The molecule has 0 spiro atoms. The number of carbonyl (C=O) groups is 4. The number of piperazine rings is 1. The van der Waals surface area contributed by atoms with Crippen molar-refractivity contribution in [2.75, 3.05) is 32.8 Å². The summed E-state index contributed by atoms with van der Waals surface area (Å²) in [5.74, 6) is -2.96. The van der Waals surface area contributed by atoms with Gasteiger partial charge in [-0.25, -0.2) is 23.2 Å². The molecule has 1 fully saturated rings. The highest BCUT2D eigenvalue weighted by molar-refractivity contribution is 7.90. The van der Waals surface area contributed by atoms with Crippen molar-refractivity contribution in [3.63, 3.8) is 0 Å². The van der Waals surface area contributed by atoms with Crippen LogP contribution in [0, 0.1) is 0 Å². The standard InChI is InChI=1S/C30H33N5O8S/c1-2-43-30(40)35-17-15-34(16-18-35)29(39)24(13-14-25(36)37)32-28(38)26-22(20-44(41,42)23-11-7-4-8-12-23)19-31-27(33-26)21-9-5-3-6-10-21/h3-12,19,24H,2,13-18,20H2,1H3,(H,32,38)(H,36,37). The number of aliphatic carboxylic acids is 1. The normalized spacial score (nSPS) is 14.0. The monoisotopic (exact) mass is 623 g/mol. The largest absolute Gasteiger partial charge is 0.481 e. The molecule has 14 heteroatoms. The average Bonchev–Trinajstić information content (AvgIpc) is 3.03. The van der Waals surface area contributed by atoms with Gasteiger partial charge in [0, 0.05) is 49.9 Å². The Labute approximate surface area is 254 Å². The van der Waals surface area contributed by atoms with Crippen LogP contribution in [0.4, 0.5) is 4.79 Å². The molecule has 1 unspecified atom stereocenters. The number of ether oxygens (including phenoxy) is 1. The molecule has 1 atom stereocenters. The quantitative estimate of drug-likeness (QED) is 0.322. The highest BCUT2D eigenvalue weighted by atomic mass is 32.2. The third-order valence-corrected chi connectivity index (χ3v) is 8.61. The fraction of sp³-hybridized carbons (Fsp3) is 0.333. The molecule has 0 saturated carbocycles. The summed E-state index contributed by atoms with van der Waals surface area (Å²) in [6.07, 6.45) is 0.152. The zero-order chi connectivity index (χ0) is 31.7. The molecule has 0 aliphatic carbocycles. The lowest BCUT2D eigenvalue weighted by molar-refractivity contribution is -0.138. The van der Waals surface area contributed by atoms with E-state index in [-0.39, 0.29) is 61.2 Å². The second-order valence-electron chi connectivity index (χ2n) is 9.98. The summed E-state index contributed by atoms with van der Waals surface area (Å²) in [5, 5.41) is 11.9. The van der Waals surface area contributed by atoms with Crippen LogP contribution < -0.4 is 5.32 Å². The number of aromatic nitrogens is 2. The third-order valence-electron chi connectivity index (χ3n) is 6.93. The molecule has 1 aromatic heterocycles. The van der Waals surface area contributed by atoms with Crippen molar-refractivity contribution in [3.05, 3.63) is 78.1 Å². The molecule has 2 aromatic carbocycles. The smallest absolute Gasteiger partial charge is 0.409 e. The molecule has 13 nitrogen and oxygen atoms in total. The van der Waals surface area contributed by atoms with E-state index in [1.807, 2.05) is 0 Å². The van der Waals surface area contributed by atoms with Gasteiger partial charge >= 0.3 is 12.1 Å². The van der Waals surface area contributed by atoms with Gasteiger partial charge < -0.3 is 25.0 Å². The van der Waals surface area contributed by atoms with Gasteiger partial charge in [-0.15, -0.1) is 0 Å². The first-order valence-electron chi connectivity index (χ1n) is 14.0. The molecule has 0 bridgehead atoms. The second kappa shape index (κ2) is 14.6. The van der Waals surface area contributed by atoms with Crippen LogP contribution in [0.3, 0.4) is 0 Å². The first kappa shape index (κ1) is 32.1. The number of hydrogen-bond donors (Lipinski definition) is 2. The van der Waals surface area contributed by atoms with Crippen LogP contribution in [0.25, 0.3) is 11.4 Å². The molecule has 0 radical (unpaired) electrons. The summed E-state index contributed by atoms with van der Waals surface area (Å²) >= 11 is 0. The molecule has 1 aliphatic rings. The molecule has 2 heterocycles. The molecule has 2 N–H and O–H groups in total. The van der Waals surface area contributed by atoms with Crippen molar-refractivity contribution < 1.29 is 37.4 Å². The molecular formula is C30H33N5O8S. The number of rotatable bonds is 11. The van der Waals surface area contributed by atoms with Gasteiger partial charge in [0.2, 0.25) is 5.91 Å². The number of carboxylic acids is 1. The summed E-state index contributed by atoms with van der Waals surface area (Å²) in [7, 11) is -3.90. The summed E-state index contributed by atoms with van der Waals surface area (Å²) in [6.45, 7) is 2.63. The summed E-state index contributed by atoms with van der Waals surface area (Å²) in [6, 6.07) is 15.3. The van der Waals surface area contributed by atoms with Crippen LogP contribution in [-0.4, -0.2) is 96.0 Å². The van der Waals surface area contributed by atoms with Crippen LogP contribution in [0.15, 0.2) is 71.8 Å². The molecule has 44 heavy (non-hydrogen) atoms. The Morgan fingerprint density at radius 3 is 2.18 bits per heavy atom. The summed E-state index contributed by atoms with van der Waals surface area (Å²) in [4.78, 5) is 62.4. The van der Waals surface area contributed by atoms with Crippen LogP contribution in [0.2, 0.25) is 0 Å². The minimum atomic E-state index is -3.90. The molecule has 1 aliphatic heterocycles. The van der Waals surface area contributed by atoms with Gasteiger partial charge in [-0.2, -0.15) is 0 Å². The average molecular weight is 624 g/mol. The zero-order valence-electron chi connectivity index (χ0n) is 24.1. The molecule has 4 rings (SSSR count). The Morgan fingerprint density at radius 1 is 0.955 bits per heavy atom. The maximum atomic E-state index is 13.7. The summed E-state index contributed by atoms with van der Waals surface area (Å²) < 4.78 is 31.4. The number of amides is 3. The van der Waals surface area contributed by atoms with E-state index in [1.165, 1.54) is 28.1 Å². The van der Waals surface area contributed by atoms with Crippen molar-refractivity contribution in [2.24, 2.45) is 0 Å². The van der Waals surface area contributed by atoms with E-state index in [0.29, 0.717) is 5.56 Å². The number of benzene rings is 2. The number of carboxylic acid groups (broad SMARTS) is 1. The number of sulfone groups is 1. The van der Waals surface area contributed by atoms with E-state index in [0.717, 1.165) is 0 Å². The van der Waals surface area contributed by atoms with Gasteiger partial charge in [-0.05, 0) is 25.5 Å². The number of nitrogens with zero attached hydrogens (tertiary/aromatic N) is 4. The maximum Gasteiger partial charge on any atom is 0.409 e. The Balaban J connectivity index is 1.62. The lowest BCUT2D eigenvalue weighted by atomic mass is 10.1. The Kier molecular flexibility index (Phi) is 10.6. The Hall–Kier alpha value is -4.85. The SMILES string of the molecule is CCOC(=O)N1CCN(C(=O)C(CCC(=O)O)NC(=O)c2nc(-c3ccccc3)ncc2CS(=O)(=O)c2ccccc2)CC1. The van der Waals surface area contributed by atoms with Gasteiger partial charge in [0.25, 0.3) is 5.91 Å². The van der Waals surface area contributed by atoms with Crippen molar-refractivity contribution in [1.82, 2.24) is 25.1 Å². The highest BCUT2D eigenvalue weighted by Crippen LogP contribution is 2.21. The van der Waals surface area contributed by atoms with Crippen molar-refractivity contribution >= 4 is 33.7 Å². The molecule has 3 amide bonds. The third kappa shape index (κ3) is 8.16. The van der Waals surface area contributed by atoms with Gasteiger partial charge in [-0.1, -0.05) is 48.5 Å². The molecule has 1 saturated heterocycles. The second-order valence-corrected chi connectivity index (χ2v) is 12.0. The van der Waals surface area contributed by atoms with E-state index in [1.54, 1.807) is 55.5 Å². The van der Waals surface area contributed by atoms with E-state index in [2.05, 4.69) is 15.3 Å². The summed E-state index contributed by atoms with van der Waals surface area (Å²) in [5.41, 5.74) is 0.342. The number of carbonyl (C=O) groups excluding carboxylic acids is 3. The minimum absolute atomic E-state index is 0.0125. The zero-order valence-corrected chi connectivity index (χ0v) is 24.9. The van der Waals surface area contributed by atoms with Gasteiger partial charge in [0.05, 0.1) is 17.3 Å². The lowest BCUT2D eigenvalue weighted by Gasteiger charge is -2.36. The number of nitrogens with one attached hydrogen (secondary N) is 1. The van der Waals surface area contributed by atoms with Crippen LogP contribution in [0.1, 0.15) is 35.8 Å².